The Bertz CT molecular complexity index is 879. The van der Waals surface area contributed by atoms with Crippen LogP contribution in [0.3, 0.4) is 0 Å². The summed E-state index contributed by atoms with van der Waals surface area (Å²) in [7, 11) is 0. The zero-order valence-corrected chi connectivity index (χ0v) is 17.8. The minimum atomic E-state index is -0.686. The fourth-order valence-corrected chi connectivity index (χ4v) is 5.20. The first-order chi connectivity index (χ1) is 14.1. The van der Waals surface area contributed by atoms with Crippen LogP contribution in [-0.2, 0) is 9.53 Å². The number of piperidine rings is 1. The Morgan fingerprint density at radius 3 is 2.79 bits per heavy atom. The molecule has 0 amide bonds. The number of rotatable bonds is 7. The monoisotopic (exact) mass is 432 g/mol. The topological polar surface area (TPSA) is 53.0 Å². The molecule has 1 unspecified atom stereocenters. The Morgan fingerprint density at radius 1 is 1.14 bits per heavy atom. The molecular formula is C22H25ClN2O3S. The number of aliphatic carboxylic acids is 1. The average molecular weight is 433 g/mol. The van der Waals surface area contributed by atoms with E-state index in [0.29, 0.717) is 19.8 Å². The van der Waals surface area contributed by atoms with Crippen LogP contribution in [0.15, 0.2) is 52.3 Å². The van der Waals surface area contributed by atoms with Gasteiger partial charge in [-0.25, -0.2) is 0 Å². The van der Waals surface area contributed by atoms with E-state index in [1.807, 2.05) is 12.1 Å². The third kappa shape index (κ3) is 4.89. The number of anilines is 2. The maximum absolute atomic E-state index is 11.2. The zero-order valence-electron chi connectivity index (χ0n) is 16.2. The molecule has 1 fully saturated rings. The summed E-state index contributed by atoms with van der Waals surface area (Å²) in [6.45, 7) is 4.30. The van der Waals surface area contributed by atoms with Crippen LogP contribution in [0.25, 0.3) is 0 Å². The van der Waals surface area contributed by atoms with Crippen molar-refractivity contribution >= 4 is 40.7 Å². The van der Waals surface area contributed by atoms with Gasteiger partial charge < -0.3 is 19.6 Å². The summed E-state index contributed by atoms with van der Waals surface area (Å²) in [5.41, 5.74) is 2.29. The Balaban J connectivity index is 1.33. The Labute approximate surface area is 180 Å². The lowest BCUT2D eigenvalue weighted by Gasteiger charge is -2.33. The zero-order chi connectivity index (χ0) is 20.2. The maximum atomic E-state index is 11.2. The molecule has 0 bridgehead atoms. The Kier molecular flexibility index (Phi) is 6.65. The second-order valence-electron chi connectivity index (χ2n) is 7.42. The van der Waals surface area contributed by atoms with Crippen LogP contribution in [0.2, 0.25) is 5.02 Å². The summed E-state index contributed by atoms with van der Waals surface area (Å²) in [4.78, 5) is 18.1. The van der Waals surface area contributed by atoms with Crippen LogP contribution in [0, 0.1) is 5.92 Å². The van der Waals surface area contributed by atoms with Gasteiger partial charge >= 0.3 is 5.97 Å². The quantitative estimate of drug-likeness (QED) is 0.637. The number of fused-ring (bicyclic) bond motifs is 2. The summed E-state index contributed by atoms with van der Waals surface area (Å²) in [5.74, 6) is -0.929. The normalized spacial score (nSPS) is 18.9. The van der Waals surface area contributed by atoms with E-state index >= 15 is 0 Å². The van der Waals surface area contributed by atoms with Gasteiger partial charge in [0.2, 0.25) is 0 Å². The molecule has 0 spiro atoms. The number of nitrogens with zero attached hydrogens (tertiary/aromatic N) is 2. The van der Waals surface area contributed by atoms with Gasteiger partial charge in [0.05, 0.1) is 30.5 Å². The van der Waals surface area contributed by atoms with Crippen molar-refractivity contribution in [1.29, 1.82) is 0 Å². The number of carboxylic acid groups (broad SMARTS) is 1. The number of benzene rings is 2. The molecule has 2 aromatic carbocycles. The summed E-state index contributed by atoms with van der Waals surface area (Å²) >= 11 is 8.02. The third-order valence-electron chi connectivity index (χ3n) is 5.45. The van der Waals surface area contributed by atoms with Crippen LogP contribution in [0.1, 0.15) is 12.8 Å². The summed E-state index contributed by atoms with van der Waals surface area (Å²) in [6.07, 6.45) is 1.72. The molecule has 2 heterocycles. The number of halogens is 1. The van der Waals surface area contributed by atoms with Gasteiger partial charge in [-0.1, -0.05) is 35.5 Å². The Hall–Kier alpha value is -1.73. The van der Waals surface area contributed by atoms with Crippen molar-refractivity contribution in [2.24, 2.45) is 5.92 Å². The molecule has 0 radical (unpaired) electrons. The van der Waals surface area contributed by atoms with E-state index in [4.69, 9.17) is 16.3 Å². The van der Waals surface area contributed by atoms with Gasteiger partial charge in [0.1, 0.15) is 0 Å². The summed E-state index contributed by atoms with van der Waals surface area (Å²) < 4.78 is 5.92. The van der Waals surface area contributed by atoms with Gasteiger partial charge in [-0.05, 0) is 49.7 Å². The minimum Gasteiger partial charge on any atom is -0.481 e. The minimum absolute atomic E-state index is 0.243. The average Bonchev–Trinajstić information content (AvgIpc) is 2.73. The second kappa shape index (κ2) is 9.39. The molecule has 1 atom stereocenters. The molecule has 0 saturated carbocycles. The molecule has 29 heavy (non-hydrogen) atoms. The highest BCUT2D eigenvalue weighted by Gasteiger charge is 2.25. The predicted octanol–water partition coefficient (Wildman–Crippen LogP) is 4.76. The molecule has 0 aromatic heterocycles. The van der Waals surface area contributed by atoms with Gasteiger partial charge in [0.15, 0.2) is 0 Å². The molecule has 0 aliphatic carbocycles. The van der Waals surface area contributed by atoms with Crippen molar-refractivity contribution in [1.82, 2.24) is 4.90 Å². The van der Waals surface area contributed by atoms with Gasteiger partial charge in [0, 0.05) is 34.4 Å². The van der Waals surface area contributed by atoms with E-state index in [1.165, 1.54) is 15.5 Å². The third-order valence-corrected chi connectivity index (χ3v) is 6.82. The lowest BCUT2D eigenvalue weighted by molar-refractivity contribution is -0.143. The number of likely N-dealkylation sites (tertiary alicyclic amines) is 1. The van der Waals surface area contributed by atoms with E-state index in [1.54, 1.807) is 11.8 Å². The molecule has 2 aliphatic heterocycles. The van der Waals surface area contributed by atoms with Crippen LogP contribution in [0.5, 0.6) is 0 Å². The molecule has 2 aliphatic rings. The number of carbonyl (C=O) groups is 1. The molecule has 4 rings (SSSR count). The van der Waals surface area contributed by atoms with Crippen molar-refractivity contribution in [3.63, 3.8) is 0 Å². The van der Waals surface area contributed by atoms with Crippen LogP contribution < -0.4 is 4.90 Å². The lowest BCUT2D eigenvalue weighted by atomic mass is 9.98. The smallest absolute Gasteiger partial charge is 0.307 e. The first kappa shape index (κ1) is 20.5. The molecule has 1 N–H and O–H groups in total. The number of para-hydroxylation sites is 1. The predicted molar refractivity (Wildman–Crippen MR) is 117 cm³/mol. The summed E-state index contributed by atoms with van der Waals surface area (Å²) in [6, 6.07) is 14.4. The number of carboxylic acids is 1. The number of ether oxygens (including phenoxy) is 1. The van der Waals surface area contributed by atoms with Crippen molar-refractivity contribution in [2.75, 3.05) is 44.3 Å². The highest BCUT2D eigenvalue weighted by Crippen LogP contribution is 2.48. The van der Waals surface area contributed by atoms with Crippen LogP contribution in [-0.4, -0.2) is 55.4 Å². The fraction of sp³-hybridized carbons (Fsp3) is 0.409. The highest BCUT2D eigenvalue weighted by molar-refractivity contribution is 7.99. The first-order valence-corrected chi connectivity index (χ1v) is 11.2. The molecule has 7 heteroatoms. The van der Waals surface area contributed by atoms with E-state index in [-0.39, 0.29) is 5.92 Å². The standard InChI is InChI=1S/C22H25ClN2O3S/c23-17-7-8-21-19(14-17)25(18-5-1-2-6-20(18)29-21)11-13-28-12-10-24-9-3-4-16(15-24)22(26)27/h1-2,5-8,14,16H,3-4,9-13,15H2,(H,26,27). The van der Waals surface area contributed by atoms with Gasteiger partial charge in [-0.3, -0.25) is 4.79 Å². The van der Waals surface area contributed by atoms with Crippen molar-refractivity contribution in [2.45, 2.75) is 22.6 Å². The molecular weight excluding hydrogens is 408 g/mol. The van der Waals surface area contributed by atoms with E-state index in [0.717, 1.165) is 43.2 Å². The van der Waals surface area contributed by atoms with Crippen LogP contribution in [0.4, 0.5) is 11.4 Å². The van der Waals surface area contributed by atoms with Gasteiger partial charge in [0.25, 0.3) is 0 Å². The maximum Gasteiger partial charge on any atom is 0.307 e. The van der Waals surface area contributed by atoms with Crippen LogP contribution >= 0.6 is 23.4 Å². The molecule has 5 nitrogen and oxygen atoms in total. The summed E-state index contributed by atoms with van der Waals surface area (Å²) in [5, 5.41) is 9.94. The Morgan fingerprint density at radius 2 is 1.93 bits per heavy atom. The SMILES string of the molecule is O=C(O)C1CCCN(CCOCCN2c3ccccc3Sc3ccc(Cl)cc32)C1. The largest absolute Gasteiger partial charge is 0.481 e. The molecule has 1 saturated heterocycles. The van der Waals surface area contributed by atoms with Crippen molar-refractivity contribution < 1.29 is 14.6 Å². The molecule has 154 valence electrons. The van der Waals surface area contributed by atoms with Gasteiger partial charge in [-0.15, -0.1) is 0 Å². The van der Waals surface area contributed by atoms with E-state index < -0.39 is 5.97 Å². The number of hydrogen-bond acceptors (Lipinski definition) is 5. The molecule has 2 aromatic rings. The van der Waals surface area contributed by atoms with E-state index in [2.05, 4.69) is 40.1 Å². The second-order valence-corrected chi connectivity index (χ2v) is 8.94. The van der Waals surface area contributed by atoms with Gasteiger partial charge in [-0.2, -0.15) is 0 Å². The highest BCUT2D eigenvalue weighted by atomic mass is 35.5. The fourth-order valence-electron chi connectivity index (χ4n) is 3.96. The van der Waals surface area contributed by atoms with Crippen molar-refractivity contribution in [3.05, 3.63) is 47.5 Å². The first-order valence-electron chi connectivity index (χ1n) is 9.98. The lowest BCUT2D eigenvalue weighted by Crippen LogP contribution is -2.40. The number of hydrogen-bond donors (Lipinski definition) is 1. The van der Waals surface area contributed by atoms with E-state index in [9.17, 15) is 9.90 Å². The van der Waals surface area contributed by atoms with Crippen molar-refractivity contribution in [3.8, 4) is 0 Å².